The topological polar surface area (TPSA) is 0 Å². The van der Waals surface area contributed by atoms with Gasteiger partial charge in [-0.25, -0.2) is 0 Å². The maximum absolute atomic E-state index is 2.82. The summed E-state index contributed by atoms with van der Waals surface area (Å²) < 4.78 is 0. The Balaban J connectivity index is 0.633. The van der Waals surface area contributed by atoms with Gasteiger partial charge in [-0.2, -0.15) is 0 Å². The third-order valence-corrected chi connectivity index (χ3v) is 31.6. The first-order valence-corrected chi connectivity index (χ1v) is 45.5. The number of hydrogen-bond donors (Lipinski definition) is 0. The Morgan fingerprint density at radius 1 is 0.168 bits per heavy atom. The molecule has 0 aliphatic heterocycles. The van der Waals surface area contributed by atoms with Crippen LogP contribution < -0.4 is 0 Å². The molecule has 7 aliphatic carbocycles. The highest BCUT2D eigenvalue weighted by Crippen LogP contribution is 2.66. The van der Waals surface area contributed by atoms with Crippen molar-refractivity contribution < 1.29 is 0 Å². The molecule has 0 aromatic heterocycles. The van der Waals surface area contributed by atoms with Gasteiger partial charge in [-0.05, 0) is 330 Å². The van der Waals surface area contributed by atoms with Gasteiger partial charge in [0.1, 0.15) is 0 Å². The second kappa shape index (κ2) is 26.5. The average Bonchev–Trinajstić information content (AvgIpc) is 1.65. The van der Waals surface area contributed by atoms with Crippen LogP contribution in [-0.4, -0.2) is 0 Å². The van der Waals surface area contributed by atoms with Gasteiger partial charge >= 0.3 is 0 Å². The summed E-state index contributed by atoms with van der Waals surface area (Å²) in [6.07, 6.45) is 17.8. The van der Waals surface area contributed by atoms with Gasteiger partial charge in [-0.3, -0.25) is 0 Å². The highest BCUT2D eigenvalue weighted by atomic mass is 14.5. The first-order chi connectivity index (χ1) is 57.5. The monoisotopic (exact) mass is 1540 g/mol. The third-order valence-electron chi connectivity index (χ3n) is 31.6. The minimum absolute atomic E-state index is 0.124. The second-order valence-electron chi connectivity index (χ2n) is 40.3. The van der Waals surface area contributed by atoms with Crippen molar-refractivity contribution in [2.45, 2.75) is 225 Å². The number of benzene rings is 15. The molecule has 0 nitrogen and oxygen atoms in total. The average molecular weight is 1540 g/mol. The molecule has 0 N–H and O–H groups in total. The molecule has 119 heavy (non-hydrogen) atoms. The molecule has 0 saturated heterocycles. The fourth-order valence-corrected chi connectivity index (χ4v) is 25.0. The Morgan fingerprint density at radius 2 is 0.403 bits per heavy atom. The second-order valence-corrected chi connectivity index (χ2v) is 40.3. The molecule has 0 bridgehead atoms. The molecule has 0 amide bonds. The van der Waals surface area contributed by atoms with E-state index in [1.54, 1.807) is 11.1 Å². The zero-order valence-electron chi connectivity index (χ0n) is 72.6. The van der Waals surface area contributed by atoms with Crippen LogP contribution in [-0.2, 0) is 37.9 Å². The van der Waals surface area contributed by atoms with Crippen molar-refractivity contribution in [2.24, 2.45) is 0 Å². The van der Waals surface area contributed by atoms with Crippen LogP contribution in [0.2, 0.25) is 0 Å². The SMILES string of the molecule is CCCCCCCCC1(CCCCCCCC)c2cc3c(cc2-c2cc4c(cc21)-c1c(cc(-c2ccc5c(c2)C(C)(C)c2cc6c(cc2-5)C(C)(C)c2cc(-c5ccccc5)c5ccccc5c2-6)c2ccccc12)C4(C)C)C(C)(C)c1cc(-c2ccc4c(c2)C(C)(C)c2cc5c(cc2-4)C(C)(C)c2cc(-c4ccccc4)c4ccccc4c2-5)ccc1-3. The summed E-state index contributed by atoms with van der Waals surface area (Å²) in [5.74, 6) is 0. The van der Waals surface area contributed by atoms with Crippen LogP contribution in [0.4, 0.5) is 0 Å². The molecule has 0 radical (unpaired) electrons. The smallest absolute Gasteiger partial charge is 0.0215 e. The molecule has 0 unspecified atom stereocenters. The van der Waals surface area contributed by atoms with E-state index in [0.717, 1.165) is 0 Å². The van der Waals surface area contributed by atoms with Crippen LogP contribution in [0.1, 0.15) is 265 Å². The van der Waals surface area contributed by atoms with E-state index < -0.39 is 0 Å². The van der Waals surface area contributed by atoms with Crippen molar-refractivity contribution >= 4 is 32.3 Å². The highest BCUT2D eigenvalue weighted by Gasteiger charge is 2.51. The zero-order valence-corrected chi connectivity index (χ0v) is 72.6. The molecule has 0 saturated carbocycles. The van der Waals surface area contributed by atoms with Crippen LogP contribution in [0.25, 0.3) is 155 Å². The van der Waals surface area contributed by atoms with Crippen molar-refractivity contribution in [3.63, 3.8) is 0 Å². The summed E-state index contributed by atoms with van der Waals surface area (Å²) >= 11 is 0. The lowest BCUT2D eigenvalue weighted by Gasteiger charge is -2.34. The first-order valence-electron chi connectivity index (χ1n) is 45.5. The van der Waals surface area contributed by atoms with Gasteiger partial charge in [-0.15, -0.1) is 0 Å². The van der Waals surface area contributed by atoms with E-state index in [2.05, 4.69) is 352 Å². The molecule has 0 atom stereocenters. The van der Waals surface area contributed by atoms with Gasteiger partial charge in [0.05, 0.1) is 0 Å². The third kappa shape index (κ3) is 10.5. The number of unbranched alkanes of at least 4 members (excludes halogenated alkanes) is 10. The summed E-state index contributed by atoms with van der Waals surface area (Å²) in [4.78, 5) is 0. The molecule has 7 aliphatic rings. The van der Waals surface area contributed by atoms with Gasteiger partial charge in [-0.1, -0.05) is 344 Å². The van der Waals surface area contributed by atoms with E-state index >= 15 is 0 Å². The minimum atomic E-state index is -0.269. The van der Waals surface area contributed by atoms with E-state index in [1.165, 1.54) is 311 Å². The first kappa shape index (κ1) is 74.4. The van der Waals surface area contributed by atoms with E-state index in [9.17, 15) is 0 Å². The Labute approximate surface area is 707 Å². The predicted octanol–water partition coefficient (Wildman–Crippen LogP) is 33.4. The molecule has 0 fully saturated rings. The van der Waals surface area contributed by atoms with Crippen molar-refractivity contribution in [3.05, 3.63) is 333 Å². The van der Waals surface area contributed by atoms with Crippen LogP contribution in [0, 0.1) is 0 Å². The molecule has 15 aromatic carbocycles. The fraction of sp³-hybridized carbons (Fsp3) is 0.294. The predicted molar refractivity (Wildman–Crippen MR) is 508 cm³/mol. The molecule has 15 aromatic rings. The summed E-state index contributed by atoms with van der Waals surface area (Å²) in [7, 11) is 0. The van der Waals surface area contributed by atoms with Gasteiger partial charge in [0.15, 0.2) is 0 Å². The van der Waals surface area contributed by atoms with Crippen molar-refractivity contribution in [1.29, 1.82) is 0 Å². The molecule has 0 heteroatoms. The van der Waals surface area contributed by atoms with E-state index in [0.29, 0.717) is 0 Å². The maximum Gasteiger partial charge on any atom is 0.0215 e. The van der Waals surface area contributed by atoms with Crippen LogP contribution in [0.5, 0.6) is 0 Å². The lowest BCUT2D eigenvalue weighted by atomic mass is 9.69. The van der Waals surface area contributed by atoms with Crippen molar-refractivity contribution in [3.8, 4) is 122 Å². The minimum Gasteiger partial charge on any atom is -0.0654 e. The number of hydrogen-bond acceptors (Lipinski definition) is 0. The van der Waals surface area contributed by atoms with Gasteiger partial charge in [0, 0.05) is 37.9 Å². The van der Waals surface area contributed by atoms with Gasteiger partial charge in [0.2, 0.25) is 0 Å². The van der Waals surface area contributed by atoms with Crippen LogP contribution in [0.3, 0.4) is 0 Å². The van der Waals surface area contributed by atoms with E-state index in [1.807, 2.05) is 0 Å². The summed E-state index contributed by atoms with van der Waals surface area (Å²) in [6, 6.07) is 102. The van der Waals surface area contributed by atoms with Gasteiger partial charge < -0.3 is 0 Å². The molecule has 22 rings (SSSR count). The molecule has 588 valence electrons. The number of fused-ring (bicyclic) bond motifs is 27. The molecular weight excluding hydrogens is 1430 g/mol. The zero-order chi connectivity index (χ0) is 81.3. The molecular formula is C119H112. The Hall–Kier alpha value is -10.9. The molecule has 0 spiro atoms. The lowest BCUT2D eigenvalue weighted by molar-refractivity contribution is 0.398. The Bertz CT molecular complexity index is 6830. The summed E-state index contributed by atoms with van der Waals surface area (Å²) in [5, 5.41) is 8.05. The Morgan fingerprint density at radius 3 is 0.756 bits per heavy atom. The summed E-state index contributed by atoms with van der Waals surface area (Å²) in [6.45, 7) is 34.7. The lowest BCUT2D eigenvalue weighted by Crippen LogP contribution is -2.26. The van der Waals surface area contributed by atoms with E-state index in [4.69, 9.17) is 0 Å². The highest BCUT2D eigenvalue weighted by molar-refractivity contribution is 6.14. The molecule has 0 heterocycles. The standard InChI is InChI=1S/C119H112/c1-15-17-19-21-23-37-55-119(56-38-24-22-20-18-16-2)105-67-90-80-53-50-74(73-49-52-79-88-63-102-93(68-100(88)114(5,6)96(79)57-73)110-82-46-34-31-43-76(82)85(60-107(110)116(102,9)10)71-39-27-25-28-40-71)58-97(80)113(3,4)99(90)65-91(105)92-66-104-95(70-106(92)119)112-84-48-36-33-45-78(84)87(62-109(112)118(104,13)14)75-51-54-81-89-64-103-94(69-101(89)115(7,8)98(81)59-75)111-83-47-35-32-44-77(83)86(61-108(111)117(103,11)12)72-41-29-26-30-42-72/h25-36,39-54,57-70H,15-24,37-38,55-56H2,1-14H3. The number of rotatable bonds is 18. The summed E-state index contributed by atoms with van der Waals surface area (Å²) in [5.41, 5.74) is 49.4. The van der Waals surface area contributed by atoms with Crippen molar-refractivity contribution in [1.82, 2.24) is 0 Å². The van der Waals surface area contributed by atoms with Gasteiger partial charge in [0.25, 0.3) is 0 Å². The van der Waals surface area contributed by atoms with E-state index in [-0.39, 0.29) is 37.9 Å². The quantitative estimate of drug-likeness (QED) is 0.0751. The maximum atomic E-state index is 2.82. The van der Waals surface area contributed by atoms with Crippen LogP contribution >= 0.6 is 0 Å². The Kier molecular flexibility index (Phi) is 16.6. The van der Waals surface area contributed by atoms with Crippen LogP contribution in [0.15, 0.2) is 255 Å². The van der Waals surface area contributed by atoms with Crippen molar-refractivity contribution in [2.75, 3.05) is 0 Å². The largest absolute Gasteiger partial charge is 0.0654 e. The fourth-order valence-electron chi connectivity index (χ4n) is 25.0. The normalized spacial score (nSPS) is 16.6.